The van der Waals surface area contributed by atoms with Gasteiger partial charge in [0.15, 0.2) is 0 Å². The van der Waals surface area contributed by atoms with E-state index < -0.39 is 10.0 Å². The van der Waals surface area contributed by atoms with Gasteiger partial charge in [0.05, 0.1) is 12.0 Å². The zero-order valence-corrected chi connectivity index (χ0v) is 13.6. The van der Waals surface area contributed by atoms with Gasteiger partial charge in [-0.15, -0.1) is 0 Å². The van der Waals surface area contributed by atoms with Crippen molar-refractivity contribution < 1.29 is 17.9 Å². The van der Waals surface area contributed by atoms with Crippen molar-refractivity contribution in [2.45, 2.75) is 11.5 Å². The maximum Gasteiger partial charge on any atom is 0.242 e. The number of sulfonamides is 1. The maximum atomic E-state index is 12.1. The summed E-state index contributed by atoms with van der Waals surface area (Å²) < 4.78 is 36.1. The first-order chi connectivity index (χ1) is 10.4. The van der Waals surface area contributed by atoms with E-state index in [1.165, 1.54) is 18.4 Å². The van der Waals surface area contributed by atoms with E-state index in [-0.39, 0.29) is 4.90 Å². The Hall–Kier alpha value is -2.05. The Morgan fingerprint density at radius 1 is 1.00 bits per heavy atom. The Kier molecular flexibility index (Phi) is 5.05. The lowest BCUT2D eigenvalue weighted by atomic mass is 10.2. The Balaban J connectivity index is 2.10. The Bertz CT molecular complexity index is 724. The molecule has 0 radical (unpaired) electrons. The van der Waals surface area contributed by atoms with E-state index in [1.54, 1.807) is 37.4 Å². The number of methoxy groups -OCH3 is 1. The maximum absolute atomic E-state index is 12.1. The number of ether oxygens (including phenoxy) is 2. The molecule has 0 heterocycles. The molecule has 0 aliphatic heterocycles. The van der Waals surface area contributed by atoms with E-state index in [9.17, 15) is 8.42 Å². The summed E-state index contributed by atoms with van der Waals surface area (Å²) in [7, 11) is 1.19. The molecule has 0 fully saturated rings. The fraction of sp³-hybridized carbons (Fsp3) is 0.250. The van der Waals surface area contributed by atoms with Crippen LogP contribution in [0.1, 0.15) is 5.56 Å². The number of hydrogen-bond acceptors (Lipinski definition) is 4. The first kappa shape index (κ1) is 16.3. The first-order valence-corrected chi connectivity index (χ1v) is 8.16. The molecule has 6 heteroatoms. The summed E-state index contributed by atoms with van der Waals surface area (Å²) >= 11 is 0. The lowest BCUT2D eigenvalue weighted by Gasteiger charge is -2.12. The number of benzene rings is 2. The summed E-state index contributed by atoms with van der Waals surface area (Å²) in [5, 5.41) is 0. The minimum atomic E-state index is -3.43. The standard InChI is InChI=1S/C16H19NO4S/c1-17(2)22(18,19)16-6-4-5-13(11-16)12-21-15-9-7-14(20-3)8-10-15/h4-11H,12H2,1-3H3. The highest BCUT2D eigenvalue weighted by molar-refractivity contribution is 7.89. The molecule has 0 amide bonds. The Morgan fingerprint density at radius 2 is 1.64 bits per heavy atom. The van der Waals surface area contributed by atoms with Gasteiger partial charge in [0, 0.05) is 14.1 Å². The largest absolute Gasteiger partial charge is 0.497 e. The average molecular weight is 321 g/mol. The molecule has 0 atom stereocenters. The zero-order valence-electron chi connectivity index (χ0n) is 12.8. The lowest BCUT2D eigenvalue weighted by Crippen LogP contribution is -2.22. The summed E-state index contributed by atoms with van der Waals surface area (Å²) in [6, 6.07) is 14.0. The van der Waals surface area contributed by atoms with Crippen molar-refractivity contribution in [3.63, 3.8) is 0 Å². The van der Waals surface area contributed by atoms with Crippen LogP contribution in [0.25, 0.3) is 0 Å². The minimum Gasteiger partial charge on any atom is -0.497 e. The van der Waals surface area contributed by atoms with Gasteiger partial charge in [-0.1, -0.05) is 12.1 Å². The lowest BCUT2D eigenvalue weighted by molar-refractivity contribution is 0.305. The highest BCUT2D eigenvalue weighted by Gasteiger charge is 2.17. The van der Waals surface area contributed by atoms with E-state index in [0.29, 0.717) is 12.4 Å². The monoisotopic (exact) mass is 321 g/mol. The minimum absolute atomic E-state index is 0.258. The molecule has 0 aliphatic carbocycles. The van der Waals surface area contributed by atoms with Crippen LogP contribution in [0.15, 0.2) is 53.4 Å². The van der Waals surface area contributed by atoms with Crippen molar-refractivity contribution in [3.8, 4) is 11.5 Å². The summed E-state index contributed by atoms with van der Waals surface area (Å²) in [4.78, 5) is 0.258. The van der Waals surface area contributed by atoms with Crippen molar-refractivity contribution in [3.05, 3.63) is 54.1 Å². The molecule has 0 aromatic heterocycles. The molecule has 2 aromatic rings. The number of rotatable bonds is 6. The third-order valence-corrected chi connectivity index (χ3v) is 4.95. The van der Waals surface area contributed by atoms with Crippen molar-refractivity contribution in [2.75, 3.05) is 21.2 Å². The van der Waals surface area contributed by atoms with Crippen molar-refractivity contribution >= 4 is 10.0 Å². The molecule has 2 rings (SSSR count). The third kappa shape index (κ3) is 3.78. The number of hydrogen-bond donors (Lipinski definition) is 0. The molecule has 0 spiro atoms. The zero-order chi connectivity index (χ0) is 16.2. The average Bonchev–Trinajstić information content (AvgIpc) is 2.53. The van der Waals surface area contributed by atoms with E-state index in [4.69, 9.17) is 9.47 Å². The van der Waals surface area contributed by atoms with Crippen LogP contribution in [0.2, 0.25) is 0 Å². The van der Waals surface area contributed by atoms with Crippen LogP contribution in [-0.2, 0) is 16.6 Å². The topological polar surface area (TPSA) is 55.8 Å². The van der Waals surface area contributed by atoms with Crippen molar-refractivity contribution in [1.82, 2.24) is 4.31 Å². The van der Waals surface area contributed by atoms with Gasteiger partial charge in [-0.2, -0.15) is 0 Å². The summed E-state index contributed by atoms with van der Waals surface area (Å²) in [6.45, 7) is 0.295. The van der Waals surface area contributed by atoms with Crippen LogP contribution in [0.5, 0.6) is 11.5 Å². The van der Waals surface area contributed by atoms with Gasteiger partial charge < -0.3 is 9.47 Å². The molecular formula is C16H19NO4S. The van der Waals surface area contributed by atoms with Gasteiger partial charge in [0.25, 0.3) is 0 Å². The molecule has 5 nitrogen and oxygen atoms in total. The summed E-state index contributed by atoms with van der Waals surface area (Å²) in [5.74, 6) is 1.45. The molecule has 0 N–H and O–H groups in total. The number of nitrogens with zero attached hydrogens (tertiary/aromatic N) is 1. The molecule has 22 heavy (non-hydrogen) atoms. The summed E-state index contributed by atoms with van der Waals surface area (Å²) in [5.41, 5.74) is 0.791. The van der Waals surface area contributed by atoms with E-state index >= 15 is 0 Å². The van der Waals surface area contributed by atoms with Crippen LogP contribution in [-0.4, -0.2) is 33.9 Å². The molecule has 0 aliphatic rings. The fourth-order valence-corrected chi connectivity index (χ4v) is 2.82. The van der Waals surface area contributed by atoms with Gasteiger partial charge in [0.1, 0.15) is 18.1 Å². The highest BCUT2D eigenvalue weighted by atomic mass is 32.2. The second-order valence-corrected chi connectivity index (χ2v) is 7.05. The van der Waals surface area contributed by atoms with Gasteiger partial charge >= 0.3 is 0 Å². The molecule has 2 aromatic carbocycles. The molecule has 0 bridgehead atoms. The first-order valence-electron chi connectivity index (χ1n) is 6.72. The normalized spacial score (nSPS) is 11.5. The second-order valence-electron chi connectivity index (χ2n) is 4.90. The fourth-order valence-electron chi connectivity index (χ4n) is 1.85. The highest BCUT2D eigenvalue weighted by Crippen LogP contribution is 2.19. The Morgan fingerprint density at radius 3 is 2.23 bits per heavy atom. The van der Waals surface area contributed by atoms with E-state index in [1.807, 2.05) is 18.2 Å². The van der Waals surface area contributed by atoms with Crippen LogP contribution >= 0.6 is 0 Å². The molecular weight excluding hydrogens is 302 g/mol. The Labute approximate surface area is 131 Å². The van der Waals surface area contributed by atoms with Crippen molar-refractivity contribution in [1.29, 1.82) is 0 Å². The molecule has 0 saturated heterocycles. The van der Waals surface area contributed by atoms with Gasteiger partial charge in [-0.3, -0.25) is 0 Å². The van der Waals surface area contributed by atoms with Crippen LogP contribution in [0, 0.1) is 0 Å². The van der Waals surface area contributed by atoms with Crippen LogP contribution < -0.4 is 9.47 Å². The molecule has 118 valence electrons. The van der Waals surface area contributed by atoms with E-state index in [0.717, 1.165) is 11.3 Å². The van der Waals surface area contributed by atoms with Crippen LogP contribution in [0.4, 0.5) is 0 Å². The van der Waals surface area contributed by atoms with E-state index in [2.05, 4.69) is 0 Å². The second kappa shape index (κ2) is 6.81. The predicted octanol–water partition coefficient (Wildman–Crippen LogP) is 2.52. The summed E-state index contributed by atoms with van der Waals surface area (Å²) in [6.07, 6.45) is 0. The van der Waals surface area contributed by atoms with Gasteiger partial charge in [-0.25, -0.2) is 12.7 Å². The molecule has 0 unspecified atom stereocenters. The SMILES string of the molecule is COc1ccc(OCc2cccc(S(=O)(=O)N(C)C)c2)cc1. The predicted molar refractivity (Wildman–Crippen MR) is 84.6 cm³/mol. The third-order valence-electron chi connectivity index (χ3n) is 3.14. The molecule has 0 saturated carbocycles. The van der Waals surface area contributed by atoms with Crippen molar-refractivity contribution in [2.24, 2.45) is 0 Å². The van der Waals surface area contributed by atoms with Gasteiger partial charge in [-0.05, 0) is 42.0 Å². The van der Waals surface area contributed by atoms with Gasteiger partial charge in [0.2, 0.25) is 10.0 Å². The van der Waals surface area contributed by atoms with Crippen LogP contribution in [0.3, 0.4) is 0 Å². The smallest absolute Gasteiger partial charge is 0.242 e. The quantitative estimate of drug-likeness (QED) is 0.820.